The van der Waals surface area contributed by atoms with Crippen LogP contribution in [0.25, 0.3) is 0 Å². The first kappa shape index (κ1) is 12.0. The second-order valence-electron chi connectivity index (χ2n) is 3.94. The Kier molecular flexibility index (Phi) is 5.15. The fraction of sp³-hybridized carbons (Fsp3) is 0.818. The van der Waals surface area contributed by atoms with Crippen molar-refractivity contribution in [1.82, 2.24) is 10.6 Å². The van der Waals surface area contributed by atoms with Crippen LogP contribution in [0.4, 0.5) is 0 Å². The van der Waals surface area contributed by atoms with Gasteiger partial charge >= 0.3 is 0 Å². The minimum atomic E-state index is -0.173. The number of carbonyl (C=O) groups is 1. The number of aliphatic imine (C=N–C) groups is 1. The summed E-state index contributed by atoms with van der Waals surface area (Å²) < 4.78 is 0. The Balaban J connectivity index is 2.30. The van der Waals surface area contributed by atoms with Crippen LogP contribution in [-0.2, 0) is 4.79 Å². The Morgan fingerprint density at radius 3 is 2.93 bits per heavy atom. The zero-order valence-electron chi connectivity index (χ0n) is 9.68. The molecule has 15 heavy (non-hydrogen) atoms. The maximum absolute atomic E-state index is 11.5. The summed E-state index contributed by atoms with van der Waals surface area (Å²) >= 11 is 0. The van der Waals surface area contributed by atoms with E-state index in [0.717, 1.165) is 31.8 Å². The summed E-state index contributed by atoms with van der Waals surface area (Å²) in [5.41, 5.74) is 0. The van der Waals surface area contributed by atoms with Crippen molar-refractivity contribution in [2.45, 2.75) is 45.6 Å². The van der Waals surface area contributed by atoms with Crippen LogP contribution in [0.1, 0.15) is 39.5 Å². The SMILES string of the molecule is CCCNC(=O)C(C)NC1=NCCCC1. The molecule has 4 heteroatoms. The lowest BCUT2D eigenvalue weighted by Gasteiger charge is -2.18. The maximum Gasteiger partial charge on any atom is 0.242 e. The molecule has 1 rings (SSSR count). The van der Waals surface area contributed by atoms with Gasteiger partial charge in [-0.3, -0.25) is 9.79 Å². The molecule has 0 saturated carbocycles. The van der Waals surface area contributed by atoms with Crippen LogP contribution in [0.3, 0.4) is 0 Å². The van der Waals surface area contributed by atoms with Gasteiger partial charge in [-0.05, 0) is 26.2 Å². The van der Waals surface area contributed by atoms with Gasteiger partial charge in [-0.15, -0.1) is 0 Å². The molecule has 0 aromatic heterocycles. The van der Waals surface area contributed by atoms with Crippen LogP contribution < -0.4 is 10.6 Å². The van der Waals surface area contributed by atoms with E-state index in [2.05, 4.69) is 15.6 Å². The molecule has 2 N–H and O–H groups in total. The molecule has 0 fully saturated rings. The first-order chi connectivity index (χ1) is 7.24. The van der Waals surface area contributed by atoms with Gasteiger partial charge in [-0.1, -0.05) is 6.92 Å². The molecule has 0 radical (unpaired) electrons. The number of rotatable bonds is 4. The lowest BCUT2D eigenvalue weighted by Crippen LogP contribution is -2.45. The number of nitrogens with one attached hydrogen (secondary N) is 2. The van der Waals surface area contributed by atoms with Gasteiger partial charge in [0.15, 0.2) is 0 Å². The van der Waals surface area contributed by atoms with Crippen LogP contribution in [0.5, 0.6) is 0 Å². The lowest BCUT2D eigenvalue weighted by atomic mass is 10.1. The molecule has 0 bridgehead atoms. The van der Waals surface area contributed by atoms with Crippen molar-refractivity contribution in [3.8, 4) is 0 Å². The second kappa shape index (κ2) is 6.43. The van der Waals surface area contributed by atoms with Crippen LogP contribution >= 0.6 is 0 Å². The van der Waals surface area contributed by atoms with Crippen LogP contribution in [0.2, 0.25) is 0 Å². The molecule has 0 spiro atoms. The number of amidine groups is 1. The van der Waals surface area contributed by atoms with Gasteiger partial charge < -0.3 is 10.6 Å². The van der Waals surface area contributed by atoms with Crippen molar-refractivity contribution < 1.29 is 4.79 Å². The van der Waals surface area contributed by atoms with Crippen molar-refractivity contribution in [2.75, 3.05) is 13.1 Å². The van der Waals surface area contributed by atoms with Gasteiger partial charge in [0.05, 0.1) is 5.84 Å². The molecular formula is C11H21N3O. The first-order valence-corrected chi connectivity index (χ1v) is 5.81. The third kappa shape index (κ3) is 4.32. The minimum Gasteiger partial charge on any atom is -0.362 e. The van der Waals surface area contributed by atoms with Crippen molar-refractivity contribution >= 4 is 11.7 Å². The summed E-state index contributed by atoms with van der Waals surface area (Å²) in [6.07, 6.45) is 4.29. The van der Waals surface area contributed by atoms with Gasteiger partial charge in [0.25, 0.3) is 0 Å². The molecule has 1 unspecified atom stereocenters. The van der Waals surface area contributed by atoms with Gasteiger partial charge in [0.1, 0.15) is 6.04 Å². The molecule has 0 aliphatic carbocycles. The van der Waals surface area contributed by atoms with E-state index in [1.54, 1.807) is 0 Å². The fourth-order valence-corrected chi connectivity index (χ4v) is 1.53. The average molecular weight is 211 g/mol. The quantitative estimate of drug-likeness (QED) is 0.731. The highest BCUT2D eigenvalue weighted by atomic mass is 16.2. The van der Waals surface area contributed by atoms with E-state index in [1.807, 2.05) is 13.8 Å². The summed E-state index contributed by atoms with van der Waals surface area (Å²) in [6.45, 7) is 5.56. The number of hydrogen-bond acceptors (Lipinski definition) is 3. The van der Waals surface area contributed by atoms with Gasteiger partial charge in [-0.2, -0.15) is 0 Å². The zero-order chi connectivity index (χ0) is 11.1. The van der Waals surface area contributed by atoms with E-state index in [1.165, 1.54) is 12.8 Å². The topological polar surface area (TPSA) is 53.5 Å². The molecule has 1 aliphatic heterocycles. The van der Waals surface area contributed by atoms with Crippen molar-refractivity contribution in [3.05, 3.63) is 0 Å². The van der Waals surface area contributed by atoms with Crippen LogP contribution in [0, 0.1) is 0 Å². The van der Waals surface area contributed by atoms with Gasteiger partial charge in [-0.25, -0.2) is 0 Å². The predicted molar refractivity (Wildman–Crippen MR) is 62.1 cm³/mol. The molecule has 0 aromatic rings. The Labute approximate surface area is 91.5 Å². The Morgan fingerprint density at radius 1 is 1.53 bits per heavy atom. The summed E-state index contributed by atoms with van der Waals surface area (Å²) in [4.78, 5) is 15.9. The van der Waals surface area contributed by atoms with Crippen LogP contribution in [0.15, 0.2) is 4.99 Å². The fourth-order valence-electron chi connectivity index (χ4n) is 1.53. The highest BCUT2D eigenvalue weighted by Crippen LogP contribution is 2.04. The van der Waals surface area contributed by atoms with Crippen LogP contribution in [-0.4, -0.2) is 30.9 Å². The van der Waals surface area contributed by atoms with Gasteiger partial charge in [0, 0.05) is 19.5 Å². The summed E-state index contributed by atoms with van der Waals surface area (Å²) in [5, 5.41) is 6.03. The third-order valence-corrected chi connectivity index (χ3v) is 2.45. The highest BCUT2D eigenvalue weighted by Gasteiger charge is 2.14. The number of nitrogens with zero attached hydrogens (tertiary/aromatic N) is 1. The Hall–Kier alpha value is -1.06. The van der Waals surface area contributed by atoms with Crippen molar-refractivity contribution in [3.63, 3.8) is 0 Å². The van der Waals surface area contributed by atoms with Crippen molar-refractivity contribution in [1.29, 1.82) is 0 Å². The lowest BCUT2D eigenvalue weighted by molar-refractivity contribution is -0.122. The summed E-state index contributed by atoms with van der Waals surface area (Å²) in [5.74, 6) is 1.05. The molecule has 86 valence electrons. The smallest absolute Gasteiger partial charge is 0.242 e. The second-order valence-corrected chi connectivity index (χ2v) is 3.94. The molecule has 1 heterocycles. The molecule has 1 atom stereocenters. The number of amides is 1. The normalized spacial score (nSPS) is 17.9. The van der Waals surface area contributed by atoms with E-state index in [4.69, 9.17) is 0 Å². The van der Waals surface area contributed by atoms with Gasteiger partial charge in [0.2, 0.25) is 5.91 Å². The Morgan fingerprint density at radius 2 is 2.33 bits per heavy atom. The Bertz CT molecular complexity index is 238. The number of hydrogen-bond donors (Lipinski definition) is 2. The summed E-state index contributed by atoms with van der Waals surface area (Å²) in [6, 6.07) is -0.173. The van der Waals surface area contributed by atoms with E-state index in [-0.39, 0.29) is 11.9 Å². The molecular weight excluding hydrogens is 190 g/mol. The van der Waals surface area contributed by atoms with E-state index in [0.29, 0.717) is 0 Å². The average Bonchev–Trinajstić information content (AvgIpc) is 2.27. The number of carbonyl (C=O) groups excluding carboxylic acids is 1. The third-order valence-electron chi connectivity index (χ3n) is 2.45. The van der Waals surface area contributed by atoms with E-state index < -0.39 is 0 Å². The molecule has 1 amide bonds. The monoisotopic (exact) mass is 211 g/mol. The summed E-state index contributed by atoms with van der Waals surface area (Å²) in [7, 11) is 0. The van der Waals surface area contributed by atoms with Crippen molar-refractivity contribution in [2.24, 2.45) is 4.99 Å². The highest BCUT2D eigenvalue weighted by molar-refractivity contribution is 5.89. The minimum absolute atomic E-state index is 0.0603. The molecule has 4 nitrogen and oxygen atoms in total. The first-order valence-electron chi connectivity index (χ1n) is 5.81. The zero-order valence-corrected chi connectivity index (χ0v) is 9.68. The molecule has 0 aromatic carbocycles. The van der Waals surface area contributed by atoms with E-state index >= 15 is 0 Å². The molecule has 0 saturated heterocycles. The predicted octanol–water partition coefficient (Wildman–Crippen LogP) is 1.07. The standard InChI is InChI=1S/C11H21N3O/c1-3-7-13-11(15)9(2)14-10-6-4-5-8-12-10/h9H,3-8H2,1-2H3,(H,12,14)(H,13,15). The maximum atomic E-state index is 11.5. The van der Waals surface area contributed by atoms with E-state index in [9.17, 15) is 4.79 Å². The molecule has 1 aliphatic rings. The largest absolute Gasteiger partial charge is 0.362 e.